The van der Waals surface area contributed by atoms with Gasteiger partial charge in [0.2, 0.25) is 0 Å². The Labute approximate surface area is 188 Å². The van der Waals surface area contributed by atoms with Gasteiger partial charge in [0, 0.05) is 27.7 Å². The van der Waals surface area contributed by atoms with E-state index in [-0.39, 0.29) is 6.04 Å². The minimum atomic E-state index is 0.0717. The number of anilines is 1. The Morgan fingerprint density at radius 2 is 1.57 bits per heavy atom. The van der Waals surface area contributed by atoms with E-state index >= 15 is 0 Å². The van der Waals surface area contributed by atoms with Crippen LogP contribution in [0.5, 0.6) is 0 Å². The highest BCUT2D eigenvalue weighted by Crippen LogP contribution is 2.37. The van der Waals surface area contributed by atoms with Crippen LogP contribution in [0.4, 0.5) is 5.69 Å². The second-order valence-electron chi connectivity index (χ2n) is 7.15. The monoisotopic (exact) mass is 476 g/mol. The third-order valence-electron chi connectivity index (χ3n) is 5.19. The largest absolute Gasteiger partial charge is 0.257 e. The Balaban J connectivity index is 1.51. The third kappa shape index (κ3) is 3.78. The molecule has 4 aromatic rings. The Morgan fingerprint density at radius 1 is 0.867 bits per heavy atom. The summed E-state index contributed by atoms with van der Waals surface area (Å²) in [6, 6.07) is 26.3. The molecule has 1 aromatic heterocycles. The lowest BCUT2D eigenvalue weighted by molar-refractivity contribution is 0.708. The first-order valence-corrected chi connectivity index (χ1v) is 10.8. The molecule has 0 saturated carbocycles. The van der Waals surface area contributed by atoms with E-state index in [4.69, 9.17) is 16.7 Å². The van der Waals surface area contributed by atoms with E-state index < -0.39 is 0 Å². The number of hydrogen-bond donors (Lipinski definition) is 0. The van der Waals surface area contributed by atoms with Crippen molar-refractivity contribution < 1.29 is 0 Å². The van der Waals surface area contributed by atoms with Gasteiger partial charge >= 0.3 is 0 Å². The molecule has 1 aliphatic heterocycles. The van der Waals surface area contributed by atoms with Crippen molar-refractivity contribution in [1.82, 2.24) is 9.78 Å². The zero-order valence-electron chi connectivity index (χ0n) is 16.0. The van der Waals surface area contributed by atoms with Crippen LogP contribution in [0.2, 0.25) is 5.02 Å². The van der Waals surface area contributed by atoms with E-state index in [2.05, 4.69) is 56.5 Å². The fourth-order valence-electron chi connectivity index (χ4n) is 3.65. The van der Waals surface area contributed by atoms with E-state index in [1.165, 1.54) is 0 Å². The summed E-state index contributed by atoms with van der Waals surface area (Å²) in [5, 5.41) is 12.4. The summed E-state index contributed by atoms with van der Waals surface area (Å²) in [5.41, 5.74) is 5.36. The summed E-state index contributed by atoms with van der Waals surface area (Å²) in [4.78, 5) is 0. The Hall–Kier alpha value is -2.89. The van der Waals surface area contributed by atoms with Crippen molar-refractivity contribution in [3.8, 4) is 5.69 Å². The molecule has 2 heterocycles. The fourth-order valence-corrected chi connectivity index (χ4v) is 4.04. The molecular weight excluding hydrogens is 460 g/mol. The second kappa shape index (κ2) is 8.09. The zero-order valence-corrected chi connectivity index (χ0v) is 18.3. The molecule has 0 amide bonds. The lowest BCUT2D eigenvalue weighted by atomic mass is 10.0. The summed E-state index contributed by atoms with van der Waals surface area (Å²) in [6.07, 6.45) is 4.81. The van der Waals surface area contributed by atoms with Gasteiger partial charge in [-0.3, -0.25) is 5.01 Å². The highest BCUT2D eigenvalue weighted by atomic mass is 79.9. The number of nitrogens with zero attached hydrogens (tertiary/aromatic N) is 4. The summed E-state index contributed by atoms with van der Waals surface area (Å²) in [6.45, 7) is 0. The minimum Gasteiger partial charge on any atom is -0.257 e. The standard InChI is InChI=1S/C24H18BrClN4/c25-19-6-10-22(11-7-19)30-24(14-23(28-30)17-4-2-1-3-5-17)18-15-27-29(16-18)21-12-8-20(26)9-13-21/h1-13,15-16,24H,14H2. The average Bonchev–Trinajstić information content (AvgIpc) is 3.43. The van der Waals surface area contributed by atoms with Crippen LogP contribution in [0.1, 0.15) is 23.6 Å². The molecule has 3 aromatic carbocycles. The molecule has 1 unspecified atom stereocenters. The molecule has 148 valence electrons. The van der Waals surface area contributed by atoms with Crippen LogP contribution < -0.4 is 5.01 Å². The number of rotatable bonds is 4. The van der Waals surface area contributed by atoms with Crippen LogP contribution in [-0.2, 0) is 0 Å². The van der Waals surface area contributed by atoms with Gasteiger partial charge in [-0.25, -0.2) is 4.68 Å². The molecule has 0 aliphatic carbocycles. The van der Waals surface area contributed by atoms with Gasteiger partial charge in [0.05, 0.1) is 29.3 Å². The summed E-state index contributed by atoms with van der Waals surface area (Å²) >= 11 is 9.55. The number of halogens is 2. The first-order valence-electron chi connectivity index (χ1n) is 9.65. The fraction of sp³-hybridized carbons (Fsp3) is 0.0833. The number of hydrogen-bond acceptors (Lipinski definition) is 3. The smallest absolute Gasteiger partial charge is 0.0862 e. The Bertz CT molecular complexity index is 1180. The molecule has 1 atom stereocenters. The Kier molecular flexibility index (Phi) is 5.15. The van der Waals surface area contributed by atoms with Gasteiger partial charge in [-0.05, 0) is 54.1 Å². The van der Waals surface area contributed by atoms with Crippen LogP contribution in [0.25, 0.3) is 5.69 Å². The minimum absolute atomic E-state index is 0.0717. The highest BCUT2D eigenvalue weighted by Gasteiger charge is 2.31. The SMILES string of the molecule is Clc1ccc(-n2cc(C3CC(c4ccccc4)=NN3c3ccc(Br)cc3)cn2)cc1. The summed E-state index contributed by atoms with van der Waals surface area (Å²) in [7, 11) is 0. The molecule has 0 bridgehead atoms. The molecule has 0 spiro atoms. The summed E-state index contributed by atoms with van der Waals surface area (Å²) < 4.78 is 2.93. The molecular formula is C24H18BrClN4. The van der Waals surface area contributed by atoms with Crippen LogP contribution in [-0.4, -0.2) is 15.5 Å². The van der Waals surface area contributed by atoms with Gasteiger partial charge in [0.1, 0.15) is 0 Å². The van der Waals surface area contributed by atoms with Gasteiger partial charge in [-0.1, -0.05) is 57.9 Å². The van der Waals surface area contributed by atoms with Crippen molar-refractivity contribution in [3.63, 3.8) is 0 Å². The number of benzene rings is 3. The molecule has 1 aliphatic rings. The lowest BCUT2D eigenvalue weighted by Gasteiger charge is -2.22. The van der Waals surface area contributed by atoms with Gasteiger partial charge in [-0.2, -0.15) is 10.2 Å². The summed E-state index contributed by atoms with van der Waals surface area (Å²) in [5.74, 6) is 0. The van der Waals surface area contributed by atoms with Crippen molar-refractivity contribution in [2.24, 2.45) is 5.10 Å². The van der Waals surface area contributed by atoms with Crippen molar-refractivity contribution in [2.75, 3.05) is 5.01 Å². The van der Waals surface area contributed by atoms with Crippen LogP contribution in [0.3, 0.4) is 0 Å². The molecule has 6 heteroatoms. The van der Waals surface area contributed by atoms with Crippen molar-refractivity contribution in [2.45, 2.75) is 12.5 Å². The van der Waals surface area contributed by atoms with Gasteiger partial charge in [-0.15, -0.1) is 0 Å². The van der Waals surface area contributed by atoms with Crippen molar-refractivity contribution in [3.05, 3.63) is 112 Å². The van der Waals surface area contributed by atoms with Gasteiger partial charge < -0.3 is 0 Å². The number of hydrazone groups is 1. The Morgan fingerprint density at radius 3 is 2.30 bits per heavy atom. The maximum Gasteiger partial charge on any atom is 0.0862 e. The molecule has 4 nitrogen and oxygen atoms in total. The second-order valence-corrected chi connectivity index (χ2v) is 8.50. The molecule has 0 N–H and O–H groups in total. The quantitative estimate of drug-likeness (QED) is 0.330. The maximum atomic E-state index is 6.03. The average molecular weight is 478 g/mol. The normalized spacial score (nSPS) is 16.0. The predicted octanol–water partition coefficient (Wildman–Crippen LogP) is 6.64. The van der Waals surface area contributed by atoms with Crippen molar-refractivity contribution in [1.29, 1.82) is 0 Å². The van der Waals surface area contributed by atoms with E-state index in [1.54, 1.807) is 0 Å². The first-order chi connectivity index (χ1) is 14.7. The number of aromatic nitrogens is 2. The maximum absolute atomic E-state index is 6.03. The van der Waals surface area contributed by atoms with E-state index in [9.17, 15) is 0 Å². The van der Waals surface area contributed by atoms with E-state index in [1.807, 2.05) is 65.5 Å². The highest BCUT2D eigenvalue weighted by molar-refractivity contribution is 9.10. The topological polar surface area (TPSA) is 33.4 Å². The molecule has 5 rings (SSSR count). The lowest BCUT2D eigenvalue weighted by Crippen LogP contribution is -2.18. The third-order valence-corrected chi connectivity index (χ3v) is 5.97. The zero-order chi connectivity index (χ0) is 20.5. The van der Waals surface area contributed by atoms with E-state index in [0.717, 1.165) is 39.1 Å². The molecule has 0 saturated heterocycles. The molecule has 0 radical (unpaired) electrons. The van der Waals surface area contributed by atoms with Gasteiger partial charge in [0.15, 0.2) is 0 Å². The van der Waals surface area contributed by atoms with Crippen LogP contribution in [0, 0.1) is 0 Å². The van der Waals surface area contributed by atoms with Gasteiger partial charge in [0.25, 0.3) is 0 Å². The van der Waals surface area contributed by atoms with E-state index in [0.29, 0.717) is 5.02 Å². The first kappa shape index (κ1) is 19.1. The van der Waals surface area contributed by atoms with Crippen LogP contribution >= 0.6 is 27.5 Å². The molecule has 30 heavy (non-hydrogen) atoms. The van der Waals surface area contributed by atoms with Crippen molar-refractivity contribution >= 4 is 38.9 Å². The molecule has 0 fully saturated rings. The van der Waals surface area contributed by atoms with Crippen LogP contribution in [0.15, 0.2) is 101 Å². The predicted molar refractivity (Wildman–Crippen MR) is 126 cm³/mol.